The smallest absolute Gasteiger partial charge is 0.124 e. The van der Waals surface area contributed by atoms with Crippen molar-refractivity contribution in [2.24, 2.45) is 0 Å². The van der Waals surface area contributed by atoms with E-state index in [1.54, 1.807) is 19.3 Å². The summed E-state index contributed by atoms with van der Waals surface area (Å²) in [6.07, 6.45) is 1.94. The molecule has 1 aromatic carbocycles. The number of ether oxygens (including phenoxy) is 1. The van der Waals surface area contributed by atoms with Crippen LogP contribution in [0.2, 0.25) is 0 Å². The van der Waals surface area contributed by atoms with Crippen molar-refractivity contribution in [2.75, 3.05) is 20.8 Å². The van der Waals surface area contributed by atoms with Crippen LogP contribution >= 0.6 is 12.6 Å². The van der Waals surface area contributed by atoms with E-state index in [1.807, 2.05) is 51.2 Å². The molecule has 3 nitrogen and oxygen atoms in total. The summed E-state index contributed by atoms with van der Waals surface area (Å²) >= 11 is 4.20. The number of hydrogen-bond donors (Lipinski definition) is 1. The van der Waals surface area contributed by atoms with Gasteiger partial charge in [0.1, 0.15) is 5.76 Å². The Hall–Kier alpha value is -1.39. The quantitative estimate of drug-likeness (QED) is 0.834. The van der Waals surface area contributed by atoms with Crippen molar-refractivity contribution in [3.05, 3.63) is 52.9 Å². The molecule has 20 heavy (non-hydrogen) atoms. The molecule has 4 heteroatoms. The van der Waals surface area contributed by atoms with Gasteiger partial charge in [0.2, 0.25) is 0 Å². The highest BCUT2D eigenvalue weighted by Gasteiger charge is 2.14. The summed E-state index contributed by atoms with van der Waals surface area (Å²) in [5.41, 5.74) is 3.53. The number of hydrogen-bond acceptors (Lipinski definition) is 4. The molecule has 0 saturated carbocycles. The minimum absolute atomic E-state index is 0.775. The molecule has 2 rings (SSSR count). The first-order valence-electron chi connectivity index (χ1n) is 6.47. The van der Waals surface area contributed by atoms with Crippen LogP contribution in [0.1, 0.15) is 19.4 Å². The molecule has 0 fully saturated rings. The lowest BCUT2D eigenvalue weighted by Crippen LogP contribution is -2.23. The normalized spacial score (nSPS) is 14.5. The number of nitrogens with zero attached hydrogens (tertiary/aromatic N) is 1. The summed E-state index contributed by atoms with van der Waals surface area (Å²) in [7, 11) is 3.35. The van der Waals surface area contributed by atoms with Crippen LogP contribution in [-0.2, 0) is 9.57 Å². The molecule has 110 valence electrons. The van der Waals surface area contributed by atoms with Crippen molar-refractivity contribution in [1.29, 1.82) is 0 Å². The molecule has 0 amide bonds. The van der Waals surface area contributed by atoms with Gasteiger partial charge in [0.25, 0.3) is 0 Å². The summed E-state index contributed by atoms with van der Waals surface area (Å²) in [5, 5.41) is 1.78. The van der Waals surface area contributed by atoms with Crippen molar-refractivity contribution < 1.29 is 9.57 Å². The maximum absolute atomic E-state index is 5.24. The predicted octanol–water partition coefficient (Wildman–Crippen LogP) is 3.97. The summed E-state index contributed by atoms with van der Waals surface area (Å²) in [6.45, 7) is 6.87. The van der Waals surface area contributed by atoms with Crippen LogP contribution in [0.15, 0.2) is 52.3 Å². The van der Waals surface area contributed by atoms with E-state index in [0.29, 0.717) is 0 Å². The van der Waals surface area contributed by atoms with Gasteiger partial charge < -0.3 is 4.74 Å². The fourth-order valence-corrected chi connectivity index (χ4v) is 2.14. The zero-order chi connectivity index (χ0) is 15.1. The number of allylic oxidation sites excluding steroid dienone is 1. The Kier molecular flexibility index (Phi) is 6.68. The summed E-state index contributed by atoms with van der Waals surface area (Å²) in [5.74, 6) is 0.975. The van der Waals surface area contributed by atoms with E-state index in [4.69, 9.17) is 9.57 Å². The number of hydroxylamine groups is 2. The molecule has 1 aliphatic rings. The predicted molar refractivity (Wildman–Crippen MR) is 85.6 cm³/mol. The third-order valence-electron chi connectivity index (χ3n) is 3.03. The van der Waals surface area contributed by atoms with Gasteiger partial charge in [-0.3, -0.25) is 9.90 Å². The Balaban J connectivity index is 0.000000217. The van der Waals surface area contributed by atoms with Crippen LogP contribution in [0.25, 0.3) is 0 Å². The molecule has 0 N–H and O–H groups in total. The molecule has 1 heterocycles. The summed E-state index contributed by atoms with van der Waals surface area (Å²) in [4.78, 5) is 6.15. The number of methoxy groups -OCH3 is 1. The van der Waals surface area contributed by atoms with Crippen molar-refractivity contribution in [1.82, 2.24) is 5.06 Å². The lowest BCUT2D eigenvalue weighted by atomic mass is 10.1. The first-order valence-corrected chi connectivity index (χ1v) is 6.92. The molecule has 0 aromatic heterocycles. The fourth-order valence-electron chi connectivity index (χ4n) is 1.98. The van der Waals surface area contributed by atoms with Crippen molar-refractivity contribution in [3.8, 4) is 0 Å². The van der Waals surface area contributed by atoms with E-state index in [1.165, 1.54) is 11.1 Å². The molecule has 0 aliphatic carbocycles. The summed E-state index contributed by atoms with van der Waals surface area (Å²) in [6, 6.07) is 8.02. The average molecular weight is 293 g/mol. The van der Waals surface area contributed by atoms with Gasteiger partial charge in [0.15, 0.2) is 0 Å². The number of thiol groups is 1. The molecular formula is C16H23NO2S. The Morgan fingerprint density at radius 1 is 1.10 bits per heavy atom. The van der Waals surface area contributed by atoms with Crippen LogP contribution in [0, 0.1) is 6.92 Å². The minimum Gasteiger partial charge on any atom is -0.496 e. The SMILES string of the molecule is COC1=C(C)CN(OC)C=C1C.Cc1ccccc1S. The zero-order valence-corrected chi connectivity index (χ0v) is 13.7. The van der Waals surface area contributed by atoms with Gasteiger partial charge >= 0.3 is 0 Å². The van der Waals surface area contributed by atoms with Gasteiger partial charge in [0, 0.05) is 16.7 Å². The van der Waals surface area contributed by atoms with E-state index >= 15 is 0 Å². The van der Waals surface area contributed by atoms with Gasteiger partial charge in [-0.1, -0.05) is 18.2 Å². The van der Waals surface area contributed by atoms with Gasteiger partial charge in [0.05, 0.1) is 20.8 Å². The largest absolute Gasteiger partial charge is 0.496 e. The maximum Gasteiger partial charge on any atom is 0.124 e. The molecular weight excluding hydrogens is 270 g/mol. The van der Waals surface area contributed by atoms with Gasteiger partial charge in [-0.05, 0) is 38.0 Å². The van der Waals surface area contributed by atoms with E-state index < -0.39 is 0 Å². The highest BCUT2D eigenvalue weighted by Crippen LogP contribution is 2.21. The molecule has 0 saturated heterocycles. The topological polar surface area (TPSA) is 21.7 Å². The third-order valence-corrected chi connectivity index (χ3v) is 3.53. The Labute approximate surface area is 127 Å². The fraction of sp³-hybridized carbons (Fsp3) is 0.375. The van der Waals surface area contributed by atoms with Crippen LogP contribution in [0.5, 0.6) is 0 Å². The number of rotatable bonds is 2. The number of aryl methyl sites for hydroxylation is 1. The van der Waals surface area contributed by atoms with E-state index in [9.17, 15) is 0 Å². The van der Waals surface area contributed by atoms with Crippen LogP contribution < -0.4 is 0 Å². The van der Waals surface area contributed by atoms with E-state index in [-0.39, 0.29) is 0 Å². The van der Waals surface area contributed by atoms with Crippen LogP contribution in [0.4, 0.5) is 0 Å². The Morgan fingerprint density at radius 3 is 2.15 bits per heavy atom. The lowest BCUT2D eigenvalue weighted by molar-refractivity contribution is -0.0834. The molecule has 1 aliphatic heterocycles. The zero-order valence-electron chi connectivity index (χ0n) is 12.8. The van der Waals surface area contributed by atoms with E-state index in [0.717, 1.165) is 22.8 Å². The number of benzene rings is 1. The first kappa shape index (κ1) is 16.7. The Morgan fingerprint density at radius 2 is 1.75 bits per heavy atom. The van der Waals surface area contributed by atoms with Crippen LogP contribution in [0.3, 0.4) is 0 Å². The standard InChI is InChI=1S/C9H15NO2.C7H8S/c1-7-5-10(12-4)6-8(2)9(7)11-3;1-6-4-2-3-5-7(6)8/h5H,6H2,1-4H3;2-5,8H,1H3. The van der Waals surface area contributed by atoms with Crippen LogP contribution in [-0.4, -0.2) is 25.8 Å². The van der Waals surface area contributed by atoms with Crippen molar-refractivity contribution in [2.45, 2.75) is 25.7 Å². The molecule has 1 aromatic rings. The van der Waals surface area contributed by atoms with Gasteiger partial charge in [-0.15, -0.1) is 12.6 Å². The molecule has 0 atom stereocenters. The maximum atomic E-state index is 5.24. The second-order valence-electron chi connectivity index (χ2n) is 4.67. The molecule has 0 bridgehead atoms. The van der Waals surface area contributed by atoms with E-state index in [2.05, 4.69) is 12.6 Å². The lowest BCUT2D eigenvalue weighted by Gasteiger charge is -2.25. The third kappa shape index (κ3) is 4.62. The monoisotopic (exact) mass is 293 g/mol. The molecule has 0 radical (unpaired) electrons. The second-order valence-corrected chi connectivity index (χ2v) is 5.15. The minimum atomic E-state index is 0.775. The van der Waals surface area contributed by atoms with Gasteiger partial charge in [-0.25, -0.2) is 0 Å². The van der Waals surface area contributed by atoms with Crippen molar-refractivity contribution >= 4 is 12.6 Å². The second kappa shape index (κ2) is 8.02. The highest BCUT2D eigenvalue weighted by molar-refractivity contribution is 7.80. The average Bonchev–Trinajstić information content (AvgIpc) is 2.42. The highest BCUT2D eigenvalue weighted by atomic mass is 32.1. The molecule has 0 spiro atoms. The first-order chi connectivity index (χ1) is 9.49. The molecule has 0 unspecified atom stereocenters. The summed E-state index contributed by atoms with van der Waals surface area (Å²) < 4.78 is 5.24. The van der Waals surface area contributed by atoms with Crippen molar-refractivity contribution in [3.63, 3.8) is 0 Å². The van der Waals surface area contributed by atoms with Gasteiger partial charge in [-0.2, -0.15) is 0 Å². The Bertz CT molecular complexity index is 488.